The number of carbonyl (C=O) groups excluding carboxylic acids is 1. The normalized spacial score (nSPS) is 14.6. The minimum atomic E-state index is 0.190. The van der Waals surface area contributed by atoms with Crippen molar-refractivity contribution >= 4 is 33.2 Å². The van der Waals surface area contributed by atoms with E-state index in [0.717, 1.165) is 45.4 Å². The van der Waals surface area contributed by atoms with Crippen LogP contribution in [0.1, 0.15) is 35.1 Å². The molecule has 2 aromatic rings. The predicted octanol–water partition coefficient (Wildman–Crippen LogP) is 4.52. The van der Waals surface area contributed by atoms with Crippen LogP contribution in [0.5, 0.6) is 0 Å². The zero-order valence-electron chi connectivity index (χ0n) is 13.5. The summed E-state index contributed by atoms with van der Waals surface area (Å²) in [6, 6.07) is 10.2. The summed E-state index contributed by atoms with van der Waals surface area (Å²) in [5.74, 6) is 0.190. The summed E-state index contributed by atoms with van der Waals surface area (Å²) in [5.41, 5.74) is 12.6. The second-order valence-electron chi connectivity index (χ2n) is 6.19. The van der Waals surface area contributed by atoms with Gasteiger partial charge in [0.05, 0.1) is 6.54 Å². The highest BCUT2D eigenvalue weighted by molar-refractivity contribution is 9.10. The molecule has 0 fully saturated rings. The number of benzene rings is 2. The average molecular weight is 373 g/mol. The highest BCUT2D eigenvalue weighted by atomic mass is 79.9. The molecule has 4 heteroatoms. The minimum Gasteiger partial charge on any atom is -0.398 e. The monoisotopic (exact) mass is 372 g/mol. The topological polar surface area (TPSA) is 46.3 Å². The lowest BCUT2D eigenvalue weighted by atomic mass is 9.97. The molecule has 2 N–H and O–H groups in total. The molecule has 2 aromatic carbocycles. The average Bonchev–Trinajstić information content (AvgIpc) is 2.68. The number of halogens is 1. The lowest BCUT2D eigenvalue weighted by Crippen LogP contribution is -2.30. The van der Waals surface area contributed by atoms with Crippen LogP contribution >= 0.6 is 15.9 Å². The van der Waals surface area contributed by atoms with Gasteiger partial charge >= 0.3 is 0 Å². The van der Waals surface area contributed by atoms with Crippen molar-refractivity contribution in [2.45, 2.75) is 39.7 Å². The molecule has 0 spiro atoms. The fourth-order valence-corrected chi connectivity index (χ4v) is 3.47. The van der Waals surface area contributed by atoms with Crippen LogP contribution in [-0.4, -0.2) is 5.91 Å². The third-order valence-electron chi connectivity index (χ3n) is 4.61. The molecular formula is C19H21BrN2O. The van der Waals surface area contributed by atoms with E-state index in [-0.39, 0.29) is 5.91 Å². The van der Waals surface area contributed by atoms with E-state index in [1.54, 1.807) is 0 Å². The third-order valence-corrected chi connectivity index (χ3v) is 5.14. The first-order chi connectivity index (χ1) is 11.0. The Morgan fingerprint density at radius 1 is 1.17 bits per heavy atom. The number of nitrogens with two attached hydrogens (primary N) is 1. The van der Waals surface area contributed by atoms with Crippen LogP contribution in [-0.2, 0) is 17.8 Å². The first kappa shape index (κ1) is 16.1. The first-order valence-electron chi connectivity index (χ1n) is 7.90. The van der Waals surface area contributed by atoms with Crippen molar-refractivity contribution in [3.63, 3.8) is 0 Å². The fourth-order valence-electron chi connectivity index (χ4n) is 3.21. The van der Waals surface area contributed by atoms with Crippen molar-refractivity contribution in [3.8, 4) is 0 Å². The second-order valence-corrected chi connectivity index (χ2v) is 7.11. The summed E-state index contributed by atoms with van der Waals surface area (Å²) < 4.78 is 1.04. The minimum absolute atomic E-state index is 0.190. The van der Waals surface area contributed by atoms with E-state index in [9.17, 15) is 4.79 Å². The summed E-state index contributed by atoms with van der Waals surface area (Å²) in [4.78, 5) is 14.6. The number of anilines is 2. The summed E-state index contributed by atoms with van der Waals surface area (Å²) in [7, 11) is 0. The molecule has 1 aliphatic rings. The predicted molar refractivity (Wildman–Crippen MR) is 98.6 cm³/mol. The van der Waals surface area contributed by atoms with Crippen molar-refractivity contribution in [1.29, 1.82) is 0 Å². The van der Waals surface area contributed by atoms with Crippen molar-refractivity contribution in [3.05, 3.63) is 57.1 Å². The second kappa shape index (κ2) is 6.36. The summed E-state index contributed by atoms with van der Waals surface area (Å²) in [5, 5.41) is 0. The van der Waals surface area contributed by atoms with E-state index >= 15 is 0 Å². The van der Waals surface area contributed by atoms with Crippen molar-refractivity contribution < 1.29 is 4.79 Å². The SMILES string of the molecule is Cc1cc2c(c(C)c1N)CCCC(=O)N2Cc1ccc(Br)cc1. The van der Waals surface area contributed by atoms with E-state index < -0.39 is 0 Å². The summed E-state index contributed by atoms with van der Waals surface area (Å²) >= 11 is 3.45. The summed E-state index contributed by atoms with van der Waals surface area (Å²) in [6.07, 6.45) is 2.38. The highest BCUT2D eigenvalue weighted by Crippen LogP contribution is 2.35. The van der Waals surface area contributed by atoms with Crippen molar-refractivity contribution in [2.24, 2.45) is 0 Å². The molecular weight excluding hydrogens is 352 g/mol. The third kappa shape index (κ3) is 3.13. The molecule has 0 aliphatic carbocycles. The van der Waals surface area contributed by atoms with Crippen molar-refractivity contribution in [1.82, 2.24) is 0 Å². The molecule has 120 valence electrons. The van der Waals surface area contributed by atoms with Gasteiger partial charge in [0.15, 0.2) is 0 Å². The van der Waals surface area contributed by atoms with Crippen LogP contribution in [0.2, 0.25) is 0 Å². The van der Waals surface area contributed by atoms with Gasteiger partial charge < -0.3 is 10.6 Å². The van der Waals surface area contributed by atoms with Gasteiger partial charge in [-0.1, -0.05) is 28.1 Å². The van der Waals surface area contributed by atoms with Crippen LogP contribution < -0.4 is 10.6 Å². The molecule has 0 saturated heterocycles. The van der Waals surface area contributed by atoms with Crippen LogP contribution in [0.25, 0.3) is 0 Å². The fraction of sp³-hybridized carbons (Fsp3) is 0.316. The Balaban J connectivity index is 2.05. The summed E-state index contributed by atoms with van der Waals surface area (Å²) in [6.45, 7) is 4.67. The number of rotatable bonds is 2. The van der Waals surface area contributed by atoms with Gasteiger partial charge in [-0.25, -0.2) is 0 Å². The van der Waals surface area contributed by atoms with Crippen molar-refractivity contribution in [2.75, 3.05) is 10.6 Å². The molecule has 0 radical (unpaired) electrons. The molecule has 0 unspecified atom stereocenters. The number of amides is 1. The van der Waals surface area contributed by atoms with Gasteiger partial charge in [-0.05, 0) is 67.1 Å². The number of carbonyl (C=O) groups is 1. The lowest BCUT2D eigenvalue weighted by Gasteiger charge is -2.25. The van der Waals surface area contributed by atoms with Crippen LogP contribution in [0, 0.1) is 13.8 Å². The molecule has 0 atom stereocenters. The van der Waals surface area contributed by atoms with E-state index in [1.807, 2.05) is 24.0 Å². The van der Waals surface area contributed by atoms with Gasteiger partial charge in [0.25, 0.3) is 0 Å². The Hall–Kier alpha value is -1.81. The van der Waals surface area contributed by atoms with Gasteiger partial charge in [0.2, 0.25) is 5.91 Å². The maximum Gasteiger partial charge on any atom is 0.227 e. The Morgan fingerprint density at radius 3 is 2.57 bits per heavy atom. The Bertz CT molecular complexity index is 753. The Kier molecular flexibility index (Phi) is 4.44. The molecule has 1 heterocycles. The van der Waals surface area contributed by atoms with Gasteiger partial charge in [-0.2, -0.15) is 0 Å². The smallest absolute Gasteiger partial charge is 0.227 e. The lowest BCUT2D eigenvalue weighted by molar-refractivity contribution is -0.118. The molecule has 1 amide bonds. The molecule has 0 bridgehead atoms. The Labute approximate surface area is 145 Å². The van der Waals surface area contributed by atoms with Crippen LogP contribution in [0.15, 0.2) is 34.8 Å². The highest BCUT2D eigenvalue weighted by Gasteiger charge is 2.25. The van der Waals surface area contributed by atoms with E-state index in [2.05, 4.69) is 41.1 Å². The van der Waals surface area contributed by atoms with Gasteiger partial charge in [0, 0.05) is 22.3 Å². The van der Waals surface area contributed by atoms with E-state index in [1.165, 1.54) is 5.56 Å². The number of nitrogen functional groups attached to an aromatic ring is 1. The number of fused-ring (bicyclic) bond motifs is 1. The number of hydrogen-bond donors (Lipinski definition) is 1. The molecule has 23 heavy (non-hydrogen) atoms. The number of aryl methyl sites for hydroxylation is 1. The number of nitrogens with zero attached hydrogens (tertiary/aromatic N) is 1. The molecule has 0 aromatic heterocycles. The molecule has 3 nitrogen and oxygen atoms in total. The largest absolute Gasteiger partial charge is 0.398 e. The quantitative estimate of drug-likeness (QED) is 0.787. The Morgan fingerprint density at radius 2 is 1.87 bits per heavy atom. The zero-order chi connectivity index (χ0) is 16.6. The molecule has 0 saturated carbocycles. The van der Waals surface area contributed by atoms with Crippen LogP contribution in [0.3, 0.4) is 0 Å². The van der Waals surface area contributed by atoms with Gasteiger partial charge in [0.1, 0.15) is 0 Å². The van der Waals surface area contributed by atoms with E-state index in [4.69, 9.17) is 5.73 Å². The maximum absolute atomic E-state index is 12.6. The standard InChI is InChI=1S/C19H21BrN2O/c1-12-10-17-16(13(2)19(12)21)4-3-5-18(23)22(17)11-14-6-8-15(20)9-7-14/h6-10H,3-5,11,21H2,1-2H3. The number of hydrogen-bond acceptors (Lipinski definition) is 2. The molecule has 3 rings (SSSR count). The van der Waals surface area contributed by atoms with Gasteiger partial charge in [-0.3, -0.25) is 4.79 Å². The van der Waals surface area contributed by atoms with Crippen LogP contribution in [0.4, 0.5) is 11.4 Å². The van der Waals surface area contributed by atoms with Gasteiger partial charge in [-0.15, -0.1) is 0 Å². The maximum atomic E-state index is 12.6. The molecule has 1 aliphatic heterocycles. The first-order valence-corrected chi connectivity index (χ1v) is 8.70. The van der Waals surface area contributed by atoms with E-state index in [0.29, 0.717) is 13.0 Å². The zero-order valence-corrected chi connectivity index (χ0v) is 15.1.